The molecule has 0 unspecified atom stereocenters. The maximum absolute atomic E-state index is 15.0. The fraction of sp³-hybridized carbons (Fsp3) is 0.138. The molecule has 0 saturated heterocycles. The Morgan fingerprint density at radius 2 is 0.667 bits per heavy atom. The van der Waals surface area contributed by atoms with Crippen LogP contribution in [0, 0.1) is 0 Å². The molecule has 8 aromatic carbocycles. The van der Waals surface area contributed by atoms with Crippen LogP contribution in [-0.2, 0) is 28.5 Å². The molecule has 1 fully saturated rings. The molecule has 0 amide bonds. The average molecular weight is 957 g/mol. The van der Waals surface area contributed by atoms with Crippen LogP contribution in [-0.4, -0.2) is 73.2 Å². The van der Waals surface area contributed by atoms with E-state index in [1.807, 2.05) is 48.5 Å². The predicted molar refractivity (Wildman–Crippen MR) is 270 cm³/mol. The summed E-state index contributed by atoms with van der Waals surface area (Å²) in [4.78, 5) is 83.8. The number of esters is 4. The number of carbonyl (C=O) groups excluding carboxylic acids is 6. The van der Waals surface area contributed by atoms with E-state index in [0.29, 0.717) is 66.9 Å². The Labute approximate surface area is 412 Å². The highest BCUT2D eigenvalue weighted by atomic mass is 16.6. The van der Waals surface area contributed by atoms with Gasteiger partial charge in [0.05, 0.1) is 33.6 Å². The number of benzene rings is 8. The molecule has 8 aromatic rings. The lowest BCUT2D eigenvalue weighted by atomic mass is 9.64. The van der Waals surface area contributed by atoms with Gasteiger partial charge in [0, 0.05) is 22.1 Å². The van der Waals surface area contributed by atoms with E-state index < -0.39 is 47.0 Å². The van der Waals surface area contributed by atoms with Crippen LogP contribution in [0.1, 0.15) is 64.4 Å². The van der Waals surface area contributed by atoms with E-state index in [4.69, 9.17) is 18.9 Å². The van der Waals surface area contributed by atoms with Crippen molar-refractivity contribution >= 4 is 79.7 Å². The molecule has 72 heavy (non-hydrogen) atoms. The summed E-state index contributed by atoms with van der Waals surface area (Å²) in [5.41, 5.74) is 1.11. The summed E-state index contributed by atoms with van der Waals surface area (Å²) >= 11 is 0. The molecule has 14 heteroatoms. The van der Waals surface area contributed by atoms with Gasteiger partial charge in [0.1, 0.15) is 38.3 Å². The lowest BCUT2D eigenvalue weighted by molar-refractivity contribution is -0.142. The summed E-state index contributed by atoms with van der Waals surface area (Å²) in [6.07, 6.45) is 0. The first-order valence-corrected chi connectivity index (χ1v) is 23.3. The number of hydrogen-bond donors (Lipinski definition) is 4. The number of hydrogen-bond acceptors (Lipinski definition) is 14. The Morgan fingerprint density at radius 3 is 0.972 bits per heavy atom. The van der Waals surface area contributed by atoms with Gasteiger partial charge in [-0.25, -0.2) is 19.2 Å². The topological polar surface area (TPSA) is 187 Å². The minimum Gasteiger partial charge on any atom is -0.457 e. The molecule has 0 bridgehead atoms. The normalized spacial score (nSPS) is 16.7. The van der Waals surface area contributed by atoms with Crippen molar-refractivity contribution in [1.82, 2.24) is 0 Å². The standard InChI is InChI=1S/C58H44N4O10/c63-51-47(41-29-27-35-23-13-25-43-45(35)49(41)61-57(59-43,31-69-53(65)37-15-5-1-6-16-37)32-70-54(66)38-17-7-2-8-18-38)52(64)48(51)42-30-28-36-24-14-26-44-46(36)50(42)62-58(60-44,33-71-55(67)39-19-9-3-10-20-39)34-72-56(68)40-21-11-4-12-22-40/h1-30,47-48,59-62H,31-34H2. The van der Waals surface area contributed by atoms with E-state index in [1.54, 1.807) is 133 Å². The molecule has 0 aromatic heterocycles. The zero-order valence-corrected chi connectivity index (χ0v) is 38.4. The maximum Gasteiger partial charge on any atom is 0.338 e. The molecule has 14 nitrogen and oxygen atoms in total. The van der Waals surface area contributed by atoms with E-state index in [0.717, 1.165) is 10.8 Å². The van der Waals surface area contributed by atoms with E-state index in [9.17, 15) is 19.2 Å². The number of ether oxygens (including phenoxy) is 4. The molecule has 2 heterocycles. The van der Waals surface area contributed by atoms with Gasteiger partial charge in [0.25, 0.3) is 0 Å². The lowest BCUT2D eigenvalue weighted by Crippen LogP contribution is -2.57. The van der Waals surface area contributed by atoms with Crippen LogP contribution in [0.4, 0.5) is 22.7 Å². The maximum atomic E-state index is 15.0. The van der Waals surface area contributed by atoms with E-state index in [2.05, 4.69) is 21.3 Å². The number of nitrogens with one attached hydrogen (secondary N) is 4. The molecule has 3 aliphatic rings. The molecule has 1 saturated carbocycles. The summed E-state index contributed by atoms with van der Waals surface area (Å²) in [5.74, 6) is -5.67. The van der Waals surface area contributed by atoms with Gasteiger partial charge in [-0.05, 0) is 82.6 Å². The van der Waals surface area contributed by atoms with Crippen LogP contribution < -0.4 is 21.3 Å². The first-order chi connectivity index (χ1) is 35.1. The fourth-order valence-corrected chi connectivity index (χ4v) is 9.69. The molecule has 1 aliphatic carbocycles. The number of rotatable bonds is 14. The van der Waals surface area contributed by atoms with Crippen molar-refractivity contribution in [2.75, 3.05) is 47.7 Å². The highest BCUT2D eigenvalue weighted by Crippen LogP contribution is 2.52. The van der Waals surface area contributed by atoms with Gasteiger partial charge in [-0.2, -0.15) is 0 Å². The smallest absolute Gasteiger partial charge is 0.338 e. The third kappa shape index (κ3) is 8.38. The van der Waals surface area contributed by atoms with Gasteiger partial charge in [-0.1, -0.05) is 121 Å². The number of Topliss-reactive ketones (excluding diaryl/α,β-unsaturated/α-hetero) is 2. The number of ketones is 2. The predicted octanol–water partition coefficient (Wildman–Crippen LogP) is 9.51. The Balaban J connectivity index is 0.935. The van der Waals surface area contributed by atoms with Crippen molar-refractivity contribution in [2.24, 2.45) is 0 Å². The second kappa shape index (κ2) is 18.6. The zero-order valence-electron chi connectivity index (χ0n) is 38.4. The minimum absolute atomic E-state index is 0.313. The summed E-state index contributed by atoms with van der Waals surface area (Å²) in [6.45, 7) is -1.36. The van der Waals surface area contributed by atoms with Gasteiger partial charge in [0.2, 0.25) is 0 Å². The second-order valence-electron chi connectivity index (χ2n) is 18.0. The third-order valence-electron chi connectivity index (χ3n) is 13.2. The van der Waals surface area contributed by atoms with Crippen LogP contribution in [0.2, 0.25) is 0 Å². The minimum atomic E-state index is -1.48. The van der Waals surface area contributed by atoms with Crippen LogP contribution in [0.15, 0.2) is 182 Å². The highest BCUT2D eigenvalue weighted by molar-refractivity contribution is 6.33. The van der Waals surface area contributed by atoms with E-state index in [1.165, 1.54) is 0 Å². The van der Waals surface area contributed by atoms with Crippen LogP contribution in [0.3, 0.4) is 0 Å². The third-order valence-corrected chi connectivity index (χ3v) is 13.2. The summed E-state index contributed by atoms with van der Waals surface area (Å²) in [7, 11) is 0. The fourth-order valence-electron chi connectivity index (χ4n) is 9.69. The first kappa shape index (κ1) is 45.2. The zero-order chi connectivity index (χ0) is 49.4. The van der Waals surface area contributed by atoms with Crippen LogP contribution in [0.5, 0.6) is 0 Å². The van der Waals surface area contributed by atoms with Crippen LogP contribution in [0.25, 0.3) is 21.5 Å². The molecule has 0 spiro atoms. The summed E-state index contributed by atoms with van der Waals surface area (Å²) in [5, 5.41) is 16.8. The van der Waals surface area contributed by atoms with Gasteiger partial charge in [0.15, 0.2) is 22.9 Å². The molecular formula is C58H44N4O10. The Bertz CT molecular complexity index is 3110. The van der Waals surface area contributed by atoms with E-state index >= 15 is 9.59 Å². The van der Waals surface area contributed by atoms with Crippen molar-refractivity contribution in [3.63, 3.8) is 0 Å². The van der Waals surface area contributed by atoms with Gasteiger partial charge >= 0.3 is 23.9 Å². The Morgan fingerprint density at radius 1 is 0.361 bits per heavy atom. The molecule has 2 aliphatic heterocycles. The molecule has 11 rings (SSSR count). The van der Waals surface area contributed by atoms with Crippen molar-refractivity contribution in [1.29, 1.82) is 0 Å². The lowest BCUT2D eigenvalue weighted by Gasteiger charge is -2.44. The quantitative estimate of drug-likeness (QED) is 0.0458. The first-order valence-electron chi connectivity index (χ1n) is 23.3. The molecule has 0 radical (unpaired) electrons. The van der Waals surface area contributed by atoms with Crippen molar-refractivity contribution in [3.8, 4) is 0 Å². The van der Waals surface area contributed by atoms with Crippen LogP contribution >= 0.6 is 0 Å². The molecule has 4 N–H and O–H groups in total. The van der Waals surface area contributed by atoms with Gasteiger partial charge in [-0.15, -0.1) is 0 Å². The van der Waals surface area contributed by atoms with Gasteiger partial charge in [-0.3, -0.25) is 9.59 Å². The Hall–Kier alpha value is -9.30. The average Bonchev–Trinajstić information content (AvgIpc) is 3.43. The second-order valence-corrected chi connectivity index (χ2v) is 18.0. The van der Waals surface area contributed by atoms with E-state index in [-0.39, 0.29) is 38.0 Å². The summed E-state index contributed by atoms with van der Waals surface area (Å²) < 4.78 is 23.7. The summed E-state index contributed by atoms with van der Waals surface area (Å²) in [6, 6.07) is 52.2. The number of carbonyl (C=O) groups is 6. The highest BCUT2D eigenvalue weighted by Gasteiger charge is 2.54. The number of anilines is 4. The monoisotopic (exact) mass is 956 g/mol. The van der Waals surface area contributed by atoms with Crippen molar-refractivity contribution in [3.05, 3.63) is 215 Å². The van der Waals surface area contributed by atoms with Gasteiger partial charge < -0.3 is 40.2 Å². The molecule has 0 atom stereocenters. The molecule has 356 valence electrons. The largest absolute Gasteiger partial charge is 0.457 e. The molecular weight excluding hydrogens is 913 g/mol. The Kier molecular flexibility index (Phi) is 11.6. The SMILES string of the molecule is O=C(OCC1(COC(=O)c2ccccc2)Nc2cccc3ccc(C4C(=O)C(c5ccc6cccc7c6c5NC(COC(=O)c5ccccc5)(COC(=O)c5ccccc5)N7)C4=O)c(c23)N1)c1ccccc1. The van der Waals surface area contributed by atoms with Crippen molar-refractivity contribution < 1.29 is 47.7 Å². The van der Waals surface area contributed by atoms with Crippen molar-refractivity contribution in [2.45, 2.75) is 23.2 Å².